The first-order chi connectivity index (χ1) is 9.62. The van der Waals surface area contributed by atoms with Gasteiger partial charge < -0.3 is 5.11 Å². The number of para-hydroxylation sites is 1. The van der Waals surface area contributed by atoms with Crippen LogP contribution in [-0.2, 0) is 0 Å². The Hall–Kier alpha value is -1.88. The van der Waals surface area contributed by atoms with Crippen LogP contribution in [0.3, 0.4) is 0 Å². The zero-order chi connectivity index (χ0) is 15.6. The van der Waals surface area contributed by atoms with Crippen LogP contribution in [0.15, 0.2) is 43.0 Å². The fourth-order valence-corrected chi connectivity index (χ4v) is 1.12. The second-order valence-electron chi connectivity index (χ2n) is 3.91. The summed E-state index contributed by atoms with van der Waals surface area (Å²) >= 11 is 0. The van der Waals surface area contributed by atoms with Gasteiger partial charge in [-0.1, -0.05) is 63.8 Å². The maximum absolute atomic E-state index is 9.86. The summed E-state index contributed by atoms with van der Waals surface area (Å²) in [5.41, 5.74) is 2.52. The van der Waals surface area contributed by atoms with E-state index in [0.717, 1.165) is 0 Å². The number of benzene rings is 1. The molecule has 1 aromatic rings. The first kappa shape index (κ1) is 20.4. The molecule has 114 valence electrons. The molecule has 0 aromatic heterocycles. The van der Waals surface area contributed by atoms with Crippen LogP contribution >= 0.6 is 0 Å². The molecule has 5 heteroatoms. The lowest BCUT2D eigenvalue weighted by Gasteiger charge is -1.93. The van der Waals surface area contributed by atoms with Crippen molar-refractivity contribution in [3.05, 3.63) is 53.1 Å². The monoisotopic (exact) mass is 282 g/mol. The number of hydrogen-bond donors (Lipinski definition) is 2. The molecule has 0 bridgehead atoms. The molecule has 0 fully saturated rings. The summed E-state index contributed by atoms with van der Waals surface area (Å²) in [6, 6.07) is 8.51. The maximum Gasteiger partial charge on any atom is 0.162 e. The van der Waals surface area contributed by atoms with Gasteiger partial charge in [0.25, 0.3) is 0 Å². The number of unbranched alkanes of at least 4 members (excludes halogenated alkanes) is 3. The Bertz CT molecular complexity index is 325. The van der Waals surface area contributed by atoms with Crippen molar-refractivity contribution in [2.24, 2.45) is 0 Å². The van der Waals surface area contributed by atoms with Gasteiger partial charge in [-0.15, -0.1) is 12.0 Å². The summed E-state index contributed by atoms with van der Waals surface area (Å²) in [5, 5.41) is 17.0. The maximum atomic E-state index is 9.86. The fraction of sp³-hybridized carbons (Fsp3) is 0.467. The first-order valence-electron chi connectivity index (χ1n) is 6.80. The number of nitrogens with zero attached hydrogens (tertiary/aromatic N) is 1. The highest BCUT2D eigenvalue weighted by molar-refractivity contribution is 5.39. The molecule has 20 heavy (non-hydrogen) atoms. The number of aliphatic hydroxyl groups excluding tert-OH is 1. The highest BCUT2D eigenvalue weighted by Crippen LogP contribution is 2.03. The van der Waals surface area contributed by atoms with Gasteiger partial charge in [0.2, 0.25) is 0 Å². The number of aliphatic hydroxyl groups is 1. The van der Waals surface area contributed by atoms with Gasteiger partial charge in [-0.2, -0.15) is 0 Å². The molecule has 1 rings (SSSR count). The number of anilines is 1. The summed E-state index contributed by atoms with van der Waals surface area (Å²) < 4.78 is 0. The molecule has 2 N–H and O–H groups in total. The van der Waals surface area contributed by atoms with Gasteiger partial charge in [-0.25, -0.2) is 10.1 Å². The third-order valence-corrected chi connectivity index (χ3v) is 2.08. The molecule has 0 atom stereocenters. The summed E-state index contributed by atoms with van der Waals surface area (Å²) in [6.07, 6.45) is 6.97. The lowest BCUT2D eigenvalue weighted by Crippen LogP contribution is -2.06. The minimum atomic E-state index is -0.588. The van der Waals surface area contributed by atoms with Crippen LogP contribution in [0.25, 0.3) is 0 Å². The molecule has 0 heterocycles. The molecule has 5 nitrogen and oxygen atoms in total. The molecule has 0 aliphatic heterocycles. The Morgan fingerprint density at radius 1 is 1.25 bits per heavy atom. The van der Waals surface area contributed by atoms with Crippen molar-refractivity contribution in [2.75, 3.05) is 12.0 Å². The van der Waals surface area contributed by atoms with Gasteiger partial charge in [-0.05, 0) is 12.1 Å². The van der Waals surface area contributed by atoms with Crippen LogP contribution in [0.4, 0.5) is 5.69 Å². The molecule has 0 aliphatic rings. The van der Waals surface area contributed by atoms with E-state index in [0.29, 0.717) is 5.69 Å². The van der Waals surface area contributed by atoms with Gasteiger partial charge >= 0.3 is 0 Å². The number of hydrogen-bond acceptors (Lipinski definition) is 3. The van der Waals surface area contributed by atoms with E-state index in [4.69, 9.17) is 5.11 Å². The second kappa shape index (κ2) is 17.1. The SMILES string of the molecule is C=CCO.CCCCCC.O=[N+]([O-])Nc1ccccc1. The molecular formula is C15H26N2O3. The average Bonchev–Trinajstić information content (AvgIpc) is 2.46. The summed E-state index contributed by atoms with van der Waals surface area (Å²) in [6.45, 7) is 7.78. The molecule has 0 saturated heterocycles. The smallest absolute Gasteiger partial charge is 0.162 e. The van der Waals surface area contributed by atoms with Crippen LogP contribution in [0.5, 0.6) is 0 Å². The first-order valence-corrected chi connectivity index (χ1v) is 6.80. The Morgan fingerprint density at radius 3 is 2.00 bits per heavy atom. The van der Waals surface area contributed by atoms with Crippen molar-refractivity contribution in [3.63, 3.8) is 0 Å². The zero-order valence-corrected chi connectivity index (χ0v) is 12.4. The average molecular weight is 282 g/mol. The van der Waals surface area contributed by atoms with Crippen LogP contribution in [0, 0.1) is 10.1 Å². The molecule has 0 amide bonds. The Morgan fingerprint density at radius 2 is 1.70 bits per heavy atom. The van der Waals surface area contributed by atoms with Crippen molar-refractivity contribution in [3.8, 4) is 0 Å². The largest absolute Gasteiger partial charge is 0.392 e. The molecule has 0 radical (unpaired) electrons. The molecule has 0 spiro atoms. The van der Waals surface area contributed by atoms with Crippen LogP contribution in [0.1, 0.15) is 39.5 Å². The van der Waals surface area contributed by atoms with Crippen molar-refractivity contribution in [1.82, 2.24) is 0 Å². The van der Waals surface area contributed by atoms with Crippen LogP contribution < -0.4 is 5.43 Å². The summed E-state index contributed by atoms with van der Waals surface area (Å²) in [4.78, 5) is 9.86. The van der Waals surface area contributed by atoms with Gasteiger partial charge in [0.15, 0.2) is 5.03 Å². The van der Waals surface area contributed by atoms with E-state index in [1.807, 2.05) is 5.43 Å². The van der Waals surface area contributed by atoms with Crippen molar-refractivity contribution in [1.29, 1.82) is 0 Å². The highest BCUT2D eigenvalue weighted by atomic mass is 16.7. The number of rotatable bonds is 6. The van der Waals surface area contributed by atoms with E-state index < -0.39 is 5.03 Å². The van der Waals surface area contributed by atoms with Gasteiger partial charge in [0, 0.05) is 0 Å². The molecule has 0 unspecified atom stereocenters. The topological polar surface area (TPSA) is 75.4 Å². The third-order valence-electron chi connectivity index (χ3n) is 2.08. The molecule has 0 saturated carbocycles. The molecule has 1 aromatic carbocycles. The predicted molar refractivity (Wildman–Crippen MR) is 84.2 cm³/mol. The number of nitrogens with one attached hydrogen (secondary N) is 1. The highest BCUT2D eigenvalue weighted by Gasteiger charge is 1.93. The van der Waals surface area contributed by atoms with Crippen molar-refractivity contribution >= 4 is 5.69 Å². The standard InChI is InChI=1S/C6H6N2O2.C6H14.C3H6O/c9-8(10)7-6-4-2-1-3-5-6;1-3-5-6-4-2;1-2-3-4/h1-5,7H;3-6H2,1-2H3;2,4H,1,3H2. The van der Waals surface area contributed by atoms with Gasteiger partial charge in [0.1, 0.15) is 5.69 Å². The second-order valence-corrected chi connectivity index (χ2v) is 3.91. The van der Waals surface area contributed by atoms with E-state index in [1.165, 1.54) is 31.8 Å². The Labute approximate surface area is 121 Å². The number of nitro groups is 1. The quantitative estimate of drug-likeness (QED) is 0.357. The normalized spacial score (nSPS) is 8.35. The molecule has 0 aliphatic carbocycles. The lowest BCUT2D eigenvalue weighted by molar-refractivity contribution is -0.445. The van der Waals surface area contributed by atoms with Crippen LogP contribution in [-0.4, -0.2) is 16.7 Å². The van der Waals surface area contributed by atoms with E-state index in [-0.39, 0.29) is 6.61 Å². The van der Waals surface area contributed by atoms with Crippen molar-refractivity contribution in [2.45, 2.75) is 39.5 Å². The summed E-state index contributed by atoms with van der Waals surface area (Å²) in [5.74, 6) is 0. The van der Waals surface area contributed by atoms with E-state index in [9.17, 15) is 10.1 Å². The minimum Gasteiger partial charge on any atom is -0.392 e. The van der Waals surface area contributed by atoms with Gasteiger partial charge in [-0.3, -0.25) is 0 Å². The van der Waals surface area contributed by atoms with Crippen molar-refractivity contribution < 1.29 is 10.1 Å². The number of hydrazine groups is 1. The van der Waals surface area contributed by atoms with Crippen LogP contribution in [0.2, 0.25) is 0 Å². The minimum absolute atomic E-state index is 0.0833. The Balaban J connectivity index is 0. The predicted octanol–water partition coefficient (Wildman–Crippen LogP) is 4.04. The Kier molecular flexibility index (Phi) is 17.5. The van der Waals surface area contributed by atoms with E-state index >= 15 is 0 Å². The van der Waals surface area contributed by atoms with E-state index in [1.54, 1.807) is 30.3 Å². The van der Waals surface area contributed by atoms with Gasteiger partial charge in [0.05, 0.1) is 6.61 Å². The fourth-order valence-electron chi connectivity index (χ4n) is 1.12. The molecular weight excluding hydrogens is 256 g/mol. The van der Waals surface area contributed by atoms with E-state index in [2.05, 4.69) is 20.4 Å². The summed E-state index contributed by atoms with van der Waals surface area (Å²) in [7, 11) is 0. The zero-order valence-electron chi connectivity index (χ0n) is 12.4. The third kappa shape index (κ3) is 18.5. The lowest BCUT2D eigenvalue weighted by atomic mass is 10.2.